The van der Waals surface area contributed by atoms with Gasteiger partial charge in [-0.1, -0.05) is 23.7 Å². The maximum atomic E-state index is 13.3. The van der Waals surface area contributed by atoms with E-state index < -0.39 is 34.4 Å². The summed E-state index contributed by atoms with van der Waals surface area (Å²) in [5.41, 5.74) is 1.84. The fourth-order valence-corrected chi connectivity index (χ4v) is 5.07. The Kier molecular flexibility index (Phi) is 10.1. The number of hydrogen-bond donors (Lipinski definition) is 2. The van der Waals surface area contributed by atoms with Crippen LogP contribution >= 0.6 is 11.6 Å². The van der Waals surface area contributed by atoms with E-state index in [-0.39, 0.29) is 35.3 Å². The highest BCUT2D eigenvalue weighted by molar-refractivity contribution is 7.92. The van der Waals surface area contributed by atoms with Crippen molar-refractivity contribution in [1.82, 2.24) is 15.2 Å². The third-order valence-electron chi connectivity index (χ3n) is 6.24. The molecule has 0 aliphatic carbocycles. The normalized spacial score (nSPS) is 11.8. The molecule has 0 unspecified atom stereocenters. The van der Waals surface area contributed by atoms with Crippen molar-refractivity contribution in [3.8, 4) is 5.75 Å². The highest BCUT2D eigenvalue weighted by atomic mass is 35.5. The van der Waals surface area contributed by atoms with Gasteiger partial charge < -0.3 is 15.0 Å². The number of benzene rings is 3. The van der Waals surface area contributed by atoms with Gasteiger partial charge in [0.25, 0.3) is 15.9 Å². The first-order valence-electron chi connectivity index (χ1n) is 12.8. The van der Waals surface area contributed by atoms with Crippen molar-refractivity contribution in [3.63, 3.8) is 0 Å². The zero-order valence-corrected chi connectivity index (χ0v) is 24.1. The topological polar surface area (TPSA) is 118 Å². The van der Waals surface area contributed by atoms with E-state index in [1.165, 1.54) is 41.3 Å². The summed E-state index contributed by atoms with van der Waals surface area (Å²) in [5.74, 6) is -1.03. The van der Waals surface area contributed by atoms with Crippen LogP contribution in [0.1, 0.15) is 18.1 Å². The van der Waals surface area contributed by atoms with Crippen LogP contribution in [0.5, 0.6) is 5.75 Å². The number of halogens is 2. The van der Waals surface area contributed by atoms with E-state index in [0.717, 1.165) is 23.3 Å². The molecule has 0 saturated heterocycles. The number of sulfonamides is 1. The van der Waals surface area contributed by atoms with Crippen molar-refractivity contribution in [2.45, 2.75) is 31.0 Å². The van der Waals surface area contributed by atoms with Gasteiger partial charge in [0, 0.05) is 36.2 Å². The fraction of sp³-hybridized carbons (Fsp3) is 0.167. The van der Waals surface area contributed by atoms with Crippen molar-refractivity contribution >= 4 is 39.1 Å². The van der Waals surface area contributed by atoms with Gasteiger partial charge in [-0.2, -0.15) is 0 Å². The van der Waals surface area contributed by atoms with Gasteiger partial charge in [0.15, 0.2) is 6.61 Å². The molecule has 0 radical (unpaired) electrons. The Balaban J connectivity index is 1.41. The Morgan fingerprint density at radius 3 is 2.21 bits per heavy atom. The second-order valence-electron chi connectivity index (χ2n) is 9.27. The molecule has 1 aromatic heterocycles. The van der Waals surface area contributed by atoms with Gasteiger partial charge in [-0.05, 0) is 90.8 Å². The molecular formula is C30H28ClFN4O5S. The molecule has 0 bridgehead atoms. The molecule has 0 spiro atoms. The lowest BCUT2D eigenvalue weighted by Crippen LogP contribution is -2.48. The van der Waals surface area contributed by atoms with Crippen LogP contribution in [-0.2, 0) is 32.7 Å². The lowest BCUT2D eigenvalue weighted by atomic mass is 10.1. The van der Waals surface area contributed by atoms with Crippen LogP contribution in [0.2, 0.25) is 5.02 Å². The number of ether oxygens (including phenoxy) is 1. The molecule has 218 valence electrons. The molecule has 12 heteroatoms. The molecule has 0 aliphatic rings. The molecule has 9 nitrogen and oxygen atoms in total. The average molecular weight is 611 g/mol. The maximum Gasteiger partial charge on any atom is 0.261 e. The second-order valence-corrected chi connectivity index (χ2v) is 11.4. The van der Waals surface area contributed by atoms with Crippen LogP contribution in [0, 0.1) is 5.82 Å². The van der Waals surface area contributed by atoms with Gasteiger partial charge in [-0.25, -0.2) is 12.8 Å². The van der Waals surface area contributed by atoms with E-state index in [0.29, 0.717) is 5.02 Å². The Morgan fingerprint density at radius 1 is 0.929 bits per heavy atom. The summed E-state index contributed by atoms with van der Waals surface area (Å²) in [7, 11) is -3.93. The SMILES string of the molecule is C[C@H](C(=O)NCc1ccncc1)N(Cc1ccc(Cl)cc1)C(=O)COc1ccc(S(=O)(=O)Nc2ccc(F)cc2)cc1. The smallest absolute Gasteiger partial charge is 0.261 e. The van der Waals surface area contributed by atoms with Gasteiger partial charge in [-0.15, -0.1) is 0 Å². The van der Waals surface area contributed by atoms with E-state index >= 15 is 0 Å². The number of hydrogen-bond acceptors (Lipinski definition) is 6. The Morgan fingerprint density at radius 2 is 1.57 bits per heavy atom. The van der Waals surface area contributed by atoms with E-state index in [2.05, 4.69) is 15.0 Å². The first kappa shape index (κ1) is 30.5. The van der Waals surface area contributed by atoms with Crippen LogP contribution in [0.3, 0.4) is 0 Å². The van der Waals surface area contributed by atoms with Crippen molar-refractivity contribution in [2.24, 2.45) is 0 Å². The number of nitrogens with one attached hydrogen (secondary N) is 2. The van der Waals surface area contributed by atoms with Crippen molar-refractivity contribution in [3.05, 3.63) is 119 Å². The van der Waals surface area contributed by atoms with Crippen molar-refractivity contribution < 1.29 is 27.1 Å². The minimum absolute atomic E-state index is 0.0469. The van der Waals surface area contributed by atoms with Gasteiger partial charge in [0.1, 0.15) is 17.6 Å². The number of carbonyl (C=O) groups is 2. The first-order chi connectivity index (χ1) is 20.1. The molecule has 42 heavy (non-hydrogen) atoms. The molecule has 0 aliphatic heterocycles. The van der Waals surface area contributed by atoms with Crippen molar-refractivity contribution in [2.75, 3.05) is 11.3 Å². The minimum atomic E-state index is -3.93. The van der Waals surface area contributed by atoms with Crippen LogP contribution in [0.4, 0.5) is 10.1 Å². The minimum Gasteiger partial charge on any atom is -0.484 e. The van der Waals surface area contributed by atoms with Crippen LogP contribution in [0.25, 0.3) is 0 Å². The summed E-state index contributed by atoms with van der Waals surface area (Å²) in [6.45, 7) is 1.64. The average Bonchev–Trinajstić information content (AvgIpc) is 3.00. The molecule has 1 heterocycles. The summed E-state index contributed by atoms with van der Waals surface area (Å²) < 4.78 is 46.5. The lowest BCUT2D eigenvalue weighted by Gasteiger charge is -2.28. The highest BCUT2D eigenvalue weighted by Gasteiger charge is 2.26. The quantitative estimate of drug-likeness (QED) is 0.238. The molecule has 0 saturated carbocycles. The monoisotopic (exact) mass is 610 g/mol. The maximum absolute atomic E-state index is 13.3. The Labute approximate surface area is 248 Å². The van der Waals surface area contributed by atoms with E-state index in [1.54, 1.807) is 55.7 Å². The number of anilines is 1. The van der Waals surface area contributed by atoms with Gasteiger partial charge in [-0.3, -0.25) is 19.3 Å². The summed E-state index contributed by atoms with van der Waals surface area (Å²) >= 11 is 6.00. The van der Waals surface area contributed by atoms with Crippen LogP contribution in [-0.4, -0.2) is 42.8 Å². The number of nitrogens with zero attached hydrogens (tertiary/aromatic N) is 2. The third-order valence-corrected chi connectivity index (χ3v) is 7.89. The Bertz CT molecular complexity index is 1600. The number of carbonyl (C=O) groups excluding carboxylic acids is 2. The molecule has 0 fully saturated rings. The van der Waals surface area contributed by atoms with E-state index in [1.807, 2.05) is 0 Å². The van der Waals surface area contributed by atoms with Gasteiger partial charge >= 0.3 is 0 Å². The number of rotatable bonds is 12. The Hall–Kier alpha value is -4.48. The third kappa shape index (κ3) is 8.51. The van der Waals surface area contributed by atoms with E-state index in [9.17, 15) is 22.4 Å². The van der Waals surface area contributed by atoms with Crippen LogP contribution in [0.15, 0.2) is 102 Å². The van der Waals surface area contributed by atoms with Gasteiger partial charge in [0.2, 0.25) is 5.91 Å². The van der Waals surface area contributed by atoms with E-state index in [4.69, 9.17) is 16.3 Å². The first-order valence-corrected chi connectivity index (χ1v) is 14.7. The predicted octanol–water partition coefficient (Wildman–Crippen LogP) is 4.79. The van der Waals surface area contributed by atoms with Crippen molar-refractivity contribution in [1.29, 1.82) is 0 Å². The highest BCUT2D eigenvalue weighted by Crippen LogP contribution is 2.20. The molecule has 2 amide bonds. The lowest BCUT2D eigenvalue weighted by molar-refractivity contribution is -0.142. The summed E-state index contributed by atoms with van der Waals surface area (Å²) in [4.78, 5) is 31.6. The zero-order valence-electron chi connectivity index (χ0n) is 22.5. The number of aromatic nitrogens is 1. The molecule has 1 atom stereocenters. The second kappa shape index (κ2) is 13.9. The van der Waals surface area contributed by atoms with Gasteiger partial charge in [0.05, 0.1) is 4.90 Å². The number of amides is 2. The summed E-state index contributed by atoms with van der Waals surface area (Å²) in [5, 5.41) is 3.38. The predicted molar refractivity (Wildman–Crippen MR) is 157 cm³/mol. The molecular weight excluding hydrogens is 583 g/mol. The van der Waals surface area contributed by atoms with Crippen LogP contribution < -0.4 is 14.8 Å². The standard InChI is InChI=1S/C30H28ClFN4O5S/c1-21(30(38)34-18-22-14-16-33-17-15-22)36(19-23-2-4-24(31)5-3-23)29(37)20-41-27-10-12-28(13-11-27)42(39,40)35-26-8-6-25(32)7-9-26/h2-17,21,35H,18-20H2,1H3,(H,34,38)/t21-/m1/s1. The molecule has 3 aromatic carbocycles. The molecule has 4 rings (SSSR count). The number of pyridine rings is 1. The molecule has 2 N–H and O–H groups in total. The zero-order chi connectivity index (χ0) is 30.1. The summed E-state index contributed by atoms with van der Waals surface area (Å²) in [6, 6.07) is 20.1. The summed E-state index contributed by atoms with van der Waals surface area (Å²) in [6.07, 6.45) is 3.26. The fourth-order valence-electron chi connectivity index (χ4n) is 3.88. The largest absolute Gasteiger partial charge is 0.484 e. The molecule has 4 aromatic rings.